The van der Waals surface area contributed by atoms with Crippen molar-refractivity contribution in [2.75, 3.05) is 0 Å². The van der Waals surface area contributed by atoms with Crippen LogP contribution in [0.2, 0.25) is 5.02 Å². The number of carboxylic acids is 2. The van der Waals surface area contributed by atoms with Gasteiger partial charge in [-0.15, -0.1) is 0 Å². The van der Waals surface area contributed by atoms with Crippen molar-refractivity contribution >= 4 is 29.5 Å². The molecule has 29 heavy (non-hydrogen) atoms. The van der Waals surface area contributed by atoms with Gasteiger partial charge in [0.1, 0.15) is 33.9 Å². The monoisotopic (exact) mass is 412 g/mol. The molecule has 3 rings (SSSR count). The quantitative estimate of drug-likeness (QED) is 0.444. The lowest BCUT2D eigenvalue weighted by Gasteiger charge is -2.13. The Labute approximate surface area is 169 Å². The van der Waals surface area contributed by atoms with Crippen molar-refractivity contribution in [3.8, 4) is 17.2 Å². The van der Waals surface area contributed by atoms with Gasteiger partial charge < -0.3 is 19.7 Å². The highest BCUT2D eigenvalue weighted by Crippen LogP contribution is 2.31. The third-order valence-electron chi connectivity index (χ3n) is 3.82. The predicted molar refractivity (Wildman–Crippen MR) is 103 cm³/mol. The van der Waals surface area contributed by atoms with Crippen molar-refractivity contribution in [2.24, 2.45) is 0 Å². The fourth-order valence-electron chi connectivity index (χ4n) is 2.49. The lowest BCUT2D eigenvalue weighted by Crippen LogP contribution is -2.13. The Balaban J connectivity index is 1.97. The van der Waals surface area contributed by atoms with Gasteiger partial charge in [0.05, 0.1) is 0 Å². The topological polar surface area (TPSA) is 110 Å². The summed E-state index contributed by atoms with van der Waals surface area (Å²) in [5.41, 5.74) is -0.391. The molecular formula is C21H13ClO7. The molecule has 7 nitrogen and oxygen atoms in total. The molecule has 3 aromatic rings. The molecule has 0 aromatic heterocycles. The van der Waals surface area contributed by atoms with E-state index in [9.17, 15) is 24.6 Å². The number of halogens is 1. The van der Waals surface area contributed by atoms with Crippen LogP contribution >= 0.6 is 11.6 Å². The van der Waals surface area contributed by atoms with E-state index in [1.807, 2.05) is 0 Å². The number of para-hydroxylation sites is 2. The van der Waals surface area contributed by atoms with Gasteiger partial charge in [0.15, 0.2) is 0 Å². The van der Waals surface area contributed by atoms with Gasteiger partial charge in [-0.05, 0) is 42.5 Å². The van der Waals surface area contributed by atoms with E-state index in [-0.39, 0.29) is 39.0 Å². The van der Waals surface area contributed by atoms with E-state index in [1.165, 1.54) is 60.7 Å². The molecule has 0 unspecified atom stereocenters. The van der Waals surface area contributed by atoms with Crippen LogP contribution in [-0.2, 0) is 0 Å². The van der Waals surface area contributed by atoms with Crippen molar-refractivity contribution in [1.82, 2.24) is 0 Å². The summed E-state index contributed by atoms with van der Waals surface area (Å²) in [7, 11) is 0. The van der Waals surface area contributed by atoms with Crippen LogP contribution < -0.4 is 9.47 Å². The fraction of sp³-hybridized carbons (Fsp3) is 0. The Kier molecular flexibility index (Phi) is 5.80. The van der Waals surface area contributed by atoms with Crippen LogP contribution in [0.5, 0.6) is 17.2 Å². The number of ether oxygens (including phenoxy) is 2. The van der Waals surface area contributed by atoms with Gasteiger partial charge in [-0.3, -0.25) is 0 Å². The van der Waals surface area contributed by atoms with E-state index in [4.69, 9.17) is 21.1 Å². The van der Waals surface area contributed by atoms with Crippen LogP contribution in [-0.4, -0.2) is 28.1 Å². The largest absolute Gasteiger partial charge is 0.478 e. The number of benzene rings is 3. The molecule has 0 aliphatic heterocycles. The second-order valence-corrected chi connectivity index (χ2v) is 6.17. The minimum atomic E-state index is -1.26. The summed E-state index contributed by atoms with van der Waals surface area (Å²) in [6.07, 6.45) is 0. The smallest absolute Gasteiger partial charge is 0.347 e. The number of carbonyl (C=O) groups excluding carboxylic acids is 1. The van der Waals surface area contributed by atoms with Crippen molar-refractivity contribution < 1.29 is 34.1 Å². The molecule has 2 N–H and O–H groups in total. The first-order valence-corrected chi connectivity index (χ1v) is 8.59. The zero-order valence-corrected chi connectivity index (χ0v) is 15.4. The van der Waals surface area contributed by atoms with E-state index in [1.54, 1.807) is 6.07 Å². The second kappa shape index (κ2) is 8.45. The summed E-state index contributed by atoms with van der Waals surface area (Å²) in [6.45, 7) is 0. The number of aromatic carboxylic acids is 2. The molecule has 0 amide bonds. The maximum Gasteiger partial charge on any atom is 0.347 e. The van der Waals surface area contributed by atoms with Gasteiger partial charge in [0.25, 0.3) is 0 Å². The zero-order valence-electron chi connectivity index (χ0n) is 14.7. The van der Waals surface area contributed by atoms with Gasteiger partial charge in [0.2, 0.25) is 0 Å². The number of hydrogen-bond donors (Lipinski definition) is 2. The minimum Gasteiger partial charge on any atom is -0.478 e. The zero-order chi connectivity index (χ0) is 21.0. The van der Waals surface area contributed by atoms with Gasteiger partial charge >= 0.3 is 17.9 Å². The number of carboxylic acid groups (broad SMARTS) is 2. The molecule has 0 heterocycles. The number of carbonyl (C=O) groups is 3. The second-order valence-electron chi connectivity index (χ2n) is 5.73. The maximum absolute atomic E-state index is 12.7. The predicted octanol–water partition coefficient (Wildman–Crippen LogP) is 4.75. The summed E-state index contributed by atoms with van der Waals surface area (Å²) in [5, 5.41) is 18.7. The van der Waals surface area contributed by atoms with E-state index >= 15 is 0 Å². The molecule has 0 aliphatic rings. The minimum absolute atomic E-state index is 0.000839. The van der Waals surface area contributed by atoms with Crippen LogP contribution in [0, 0.1) is 0 Å². The molecule has 8 heteroatoms. The van der Waals surface area contributed by atoms with Gasteiger partial charge in [-0.2, -0.15) is 0 Å². The molecule has 0 radical (unpaired) electrons. The Hall–Kier alpha value is -3.84. The van der Waals surface area contributed by atoms with E-state index in [0.717, 1.165) is 0 Å². The highest BCUT2D eigenvalue weighted by molar-refractivity contribution is 6.31. The average Bonchev–Trinajstić information content (AvgIpc) is 2.69. The van der Waals surface area contributed by atoms with Gasteiger partial charge in [-0.1, -0.05) is 35.9 Å². The van der Waals surface area contributed by atoms with Gasteiger partial charge in [0, 0.05) is 5.02 Å². The van der Waals surface area contributed by atoms with Crippen molar-refractivity contribution in [3.05, 3.63) is 88.4 Å². The normalized spacial score (nSPS) is 10.2. The summed E-state index contributed by atoms with van der Waals surface area (Å²) in [4.78, 5) is 35.4. The maximum atomic E-state index is 12.7. The Morgan fingerprint density at radius 2 is 1.21 bits per heavy atom. The molecule has 0 aliphatic carbocycles. The van der Waals surface area contributed by atoms with E-state index in [2.05, 4.69) is 0 Å². The Morgan fingerprint density at radius 3 is 1.83 bits per heavy atom. The summed E-state index contributed by atoms with van der Waals surface area (Å²) in [5.74, 6) is -3.51. The van der Waals surface area contributed by atoms with Crippen LogP contribution in [0.25, 0.3) is 0 Å². The Bertz CT molecular complexity index is 1110. The van der Waals surface area contributed by atoms with Crippen molar-refractivity contribution in [3.63, 3.8) is 0 Å². The molecule has 0 saturated carbocycles. The fourth-order valence-corrected chi connectivity index (χ4v) is 2.66. The number of esters is 1. The Morgan fingerprint density at radius 1 is 0.690 bits per heavy atom. The summed E-state index contributed by atoms with van der Waals surface area (Å²) < 4.78 is 10.9. The molecule has 0 atom stereocenters. The first kappa shape index (κ1) is 19.9. The SMILES string of the molecule is O=C(O)c1ccccc1OC(=O)c1cc(Cl)ccc1Oc1ccccc1C(=O)O. The molecule has 0 spiro atoms. The number of hydrogen-bond acceptors (Lipinski definition) is 5. The van der Waals surface area contributed by atoms with Crippen LogP contribution in [0.3, 0.4) is 0 Å². The first-order chi connectivity index (χ1) is 13.9. The lowest BCUT2D eigenvalue weighted by molar-refractivity contribution is 0.0673. The third-order valence-corrected chi connectivity index (χ3v) is 4.05. The molecule has 0 bridgehead atoms. The van der Waals surface area contributed by atoms with Gasteiger partial charge in [-0.25, -0.2) is 14.4 Å². The van der Waals surface area contributed by atoms with Crippen molar-refractivity contribution in [2.45, 2.75) is 0 Å². The average molecular weight is 413 g/mol. The first-order valence-electron chi connectivity index (χ1n) is 8.21. The van der Waals surface area contributed by atoms with E-state index < -0.39 is 17.9 Å². The molecular weight excluding hydrogens is 400 g/mol. The highest BCUT2D eigenvalue weighted by atomic mass is 35.5. The highest BCUT2D eigenvalue weighted by Gasteiger charge is 2.21. The summed E-state index contributed by atoms with van der Waals surface area (Å²) in [6, 6.07) is 15.7. The lowest BCUT2D eigenvalue weighted by atomic mass is 10.1. The molecule has 3 aromatic carbocycles. The standard InChI is InChI=1S/C21H13ClO7/c22-12-9-10-18(28-16-7-3-1-5-13(16)19(23)24)15(11-12)21(27)29-17-8-4-2-6-14(17)20(25)26/h1-11H,(H,23,24)(H,25,26). The van der Waals surface area contributed by atoms with Crippen LogP contribution in [0.15, 0.2) is 66.7 Å². The molecule has 0 fully saturated rings. The molecule has 0 saturated heterocycles. The third kappa shape index (κ3) is 4.53. The summed E-state index contributed by atoms with van der Waals surface area (Å²) >= 11 is 5.98. The van der Waals surface area contributed by atoms with Crippen LogP contribution in [0.4, 0.5) is 0 Å². The number of rotatable bonds is 6. The van der Waals surface area contributed by atoms with Crippen LogP contribution in [0.1, 0.15) is 31.1 Å². The van der Waals surface area contributed by atoms with E-state index in [0.29, 0.717) is 0 Å². The van der Waals surface area contributed by atoms with Crippen molar-refractivity contribution in [1.29, 1.82) is 0 Å². The molecule has 146 valence electrons.